The summed E-state index contributed by atoms with van der Waals surface area (Å²) in [6.07, 6.45) is 0.192. The third kappa shape index (κ3) is 3.54. The summed E-state index contributed by atoms with van der Waals surface area (Å²) in [4.78, 5) is 13.4. The molecule has 0 aromatic carbocycles. The number of aromatic nitrogens is 1. The quantitative estimate of drug-likeness (QED) is 0.739. The molecular weight excluding hydrogens is 236 g/mol. The van der Waals surface area contributed by atoms with Gasteiger partial charge in [0.15, 0.2) is 5.76 Å². The summed E-state index contributed by atoms with van der Waals surface area (Å²) >= 11 is 0. The average Bonchev–Trinajstić information content (AvgIpc) is 2.75. The van der Waals surface area contributed by atoms with E-state index in [-0.39, 0.29) is 12.1 Å². The van der Waals surface area contributed by atoms with Crippen molar-refractivity contribution in [2.75, 3.05) is 26.8 Å². The van der Waals surface area contributed by atoms with Gasteiger partial charge in [0, 0.05) is 19.2 Å². The van der Waals surface area contributed by atoms with E-state index in [0.717, 1.165) is 18.0 Å². The van der Waals surface area contributed by atoms with E-state index in [4.69, 9.17) is 9.26 Å². The highest BCUT2D eigenvalue weighted by Crippen LogP contribution is 2.13. The molecule has 0 radical (unpaired) electrons. The van der Waals surface area contributed by atoms with Crippen LogP contribution in [-0.4, -0.2) is 48.9 Å². The van der Waals surface area contributed by atoms with Gasteiger partial charge in [-0.2, -0.15) is 0 Å². The SMILES string of the molecule is COC(=O)CC1CN(Cc2cc(C)no2)CCO1. The van der Waals surface area contributed by atoms with Crippen LogP contribution in [0, 0.1) is 6.92 Å². The second kappa shape index (κ2) is 5.97. The molecule has 2 rings (SSSR count). The van der Waals surface area contributed by atoms with Crippen LogP contribution in [0.2, 0.25) is 0 Å². The molecule has 1 aromatic heterocycles. The lowest BCUT2D eigenvalue weighted by Crippen LogP contribution is -2.42. The molecule has 0 spiro atoms. The Balaban J connectivity index is 1.84. The van der Waals surface area contributed by atoms with Crippen LogP contribution in [0.5, 0.6) is 0 Å². The first-order chi connectivity index (χ1) is 8.67. The van der Waals surface area contributed by atoms with Crippen molar-refractivity contribution in [3.05, 3.63) is 17.5 Å². The highest BCUT2D eigenvalue weighted by Gasteiger charge is 2.24. The molecule has 0 amide bonds. The molecule has 0 aliphatic carbocycles. The number of rotatable bonds is 4. The van der Waals surface area contributed by atoms with Crippen molar-refractivity contribution in [2.45, 2.75) is 26.0 Å². The third-order valence-electron chi connectivity index (χ3n) is 2.90. The molecule has 1 aliphatic rings. The monoisotopic (exact) mass is 254 g/mol. The zero-order valence-electron chi connectivity index (χ0n) is 10.7. The number of aryl methyl sites for hydroxylation is 1. The molecule has 100 valence electrons. The lowest BCUT2D eigenvalue weighted by molar-refractivity contribution is -0.145. The van der Waals surface area contributed by atoms with Gasteiger partial charge in [-0.1, -0.05) is 5.16 Å². The minimum atomic E-state index is -0.239. The van der Waals surface area contributed by atoms with Crippen molar-refractivity contribution in [2.24, 2.45) is 0 Å². The van der Waals surface area contributed by atoms with Crippen LogP contribution in [-0.2, 0) is 20.8 Å². The number of hydrogen-bond donors (Lipinski definition) is 0. The van der Waals surface area contributed by atoms with Gasteiger partial charge in [-0.25, -0.2) is 0 Å². The first-order valence-electron chi connectivity index (χ1n) is 6.00. The smallest absolute Gasteiger partial charge is 0.308 e. The van der Waals surface area contributed by atoms with Crippen molar-refractivity contribution in [1.29, 1.82) is 0 Å². The van der Waals surface area contributed by atoms with Crippen LogP contribution >= 0.6 is 0 Å². The Morgan fingerprint density at radius 1 is 1.67 bits per heavy atom. The third-order valence-corrected chi connectivity index (χ3v) is 2.90. The van der Waals surface area contributed by atoms with Crippen molar-refractivity contribution < 1.29 is 18.8 Å². The van der Waals surface area contributed by atoms with Crippen molar-refractivity contribution in [1.82, 2.24) is 10.1 Å². The molecule has 6 nitrogen and oxygen atoms in total. The van der Waals surface area contributed by atoms with Crippen LogP contribution < -0.4 is 0 Å². The summed E-state index contributed by atoms with van der Waals surface area (Å²) in [7, 11) is 1.39. The highest BCUT2D eigenvalue weighted by molar-refractivity contribution is 5.69. The predicted octanol–water partition coefficient (Wildman–Crippen LogP) is 0.747. The Kier molecular flexibility index (Phi) is 4.33. The van der Waals surface area contributed by atoms with Crippen molar-refractivity contribution >= 4 is 5.97 Å². The molecule has 6 heteroatoms. The summed E-state index contributed by atoms with van der Waals surface area (Å²) < 4.78 is 15.4. The molecule has 1 saturated heterocycles. The largest absolute Gasteiger partial charge is 0.469 e. The van der Waals surface area contributed by atoms with Gasteiger partial charge < -0.3 is 14.0 Å². The van der Waals surface area contributed by atoms with E-state index in [9.17, 15) is 4.79 Å². The molecule has 1 fully saturated rings. The van der Waals surface area contributed by atoms with Gasteiger partial charge in [0.2, 0.25) is 0 Å². The number of methoxy groups -OCH3 is 1. The Labute approximate surface area is 106 Å². The second-order valence-corrected chi connectivity index (χ2v) is 4.44. The molecule has 1 atom stereocenters. The normalized spacial score (nSPS) is 20.9. The molecule has 1 aliphatic heterocycles. The maximum absolute atomic E-state index is 11.2. The summed E-state index contributed by atoms with van der Waals surface area (Å²) in [5, 5.41) is 3.86. The van der Waals surface area contributed by atoms with Crippen molar-refractivity contribution in [3.63, 3.8) is 0 Å². The number of nitrogens with zero attached hydrogens (tertiary/aromatic N) is 2. The molecule has 0 N–H and O–H groups in total. The lowest BCUT2D eigenvalue weighted by atomic mass is 10.2. The minimum absolute atomic E-state index is 0.102. The number of morpholine rings is 1. The average molecular weight is 254 g/mol. The van der Waals surface area contributed by atoms with Gasteiger partial charge in [-0.3, -0.25) is 9.69 Å². The van der Waals surface area contributed by atoms with Gasteiger partial charge in [0.05, 0.1) is 38.5 Å². The van der Waals surface area contributed by atoms with E-state index >= 15 is 0 Å². The van der Waals surface area contributed by atoms with E-state index < -0.39 is 0 Å². The molecule has 2 heterocycles. The minimum Gasteiger partial charge on any atom is -0.469 e. The van der Waals surface area contributed by atoms with E-state index in [0.29, 0.717) is 26.1 Å². The first-order valence-corrected chi connectivity index (χ1v) is 6.00. The van der Waals surface area contributed by atoms with Gasteiger partial charge >= 0.3 is 5.97 Å². The van der Waals surface area contributed by atoms with Gasteiger partial charge in [-0.15, -0.1) is 0 Å². The van der Waals surface area contributed by atoms with Gasteiger partial charge in [-0.05, 0) is 6.92 Å². The Morgan fingerprint density at radius 3 is 3.17 bits per heavy atom. The first kappa shape index (κ1) is 13.0. The fourth-order valence-electron chi connectivity index (χ4n) is 2.03. The fraction of sp³-hybridized carbons (Fsp3) is 0.667. The van der Waals surface area contributed by atoms with Crippen LogP contribution in [0.25, 0.3) is 0 Å². The fourth-order valence-corrected chi connectivity index (χ4v) is 2.03. The summed E-state index contributed by atoms with van der Waals surface area (Å²) in [6.45, 7) is 4.75. The van der Waals surface area contributed by atoms with Gasteiger partial charge in [0.1, 0.15) is 0 Å². The Morgan fingerprint density at radius 2 is 2.50 bits per heavy atom. The molecular formula is C12H18N2O4. The van der Waals surface area contributed by atoms with E-state index in [1.54, 1.807) is 0 Å². The molecule has 1 unspecified atom stereocenters. The van der Waals surface area contributed by atoms with E-state index in [2.05, 4.69) is 14.8 Å². The van der Waals surface area contributed by atoms with Crippen molar-refractivity contribution in [3.8, 4) is 0 Å². The van der Waals surface area contributed by atoms with Gasteiger partial charge in [0.25, 0.3) is 0 Å². The lowest BCUT2D eigenvalue weighted by Gasteiger charge is -2.31. The van der Waals surface area contributed by atoms with Crippen LogP contribution in [0.1, 0.15) is 17.9 Å². The number of carbonyl (C=O) groups excluding carboxylic acids is 1. The Hall–Kier alpha value is -1.40. The summed E-state index contributed by atoms with van der Waals surface area (Å²) in [5.41, 5.74) is 0.879. The summed E-state index contributed by atoms with van der Waals surface area (Å²) in [5.74, 6) is 0.601. The molecule has 1 aromatic rings. The number of ether oxygens (including phenoxy) is 2. The Bertz CT molecular complexity index is 405. The highest BCUT2D eigenvalue weighted by atomic mass is 16.5. The summed E-state index contributed by atoms with van der Waals surface area (Å²) in [6, 6.07) is 1.92. The maximum Gasteiger partial charge on any atom is 0.308 e. The van der Waals surface area contributed by atoms with Crippen LogP contribution in [0.4, 0.5) is 0 Å². The number of hydrogen-bond acceptors (Lipinski definition) is 6. The number of carbonyl (C=O) groups is 1. The molecule has 0 bridgehead atoms. The zero-order valence-corrected chi connectivity index (χ0v) is 10.7. The number of esters is 1. The van der Waals surface area contributed by atoms with E-state index in [1.807, 2.05) is 13.0 Å². The second-order valence-electron chi connectivity index (χ2n) is 4.44. The van der Waals surface area contributed by atoms with Crippen LogP contribution in [0.15, 0.2) is 10.6 Å². The molecule has 18 heavy (non-hydrogen) atoms. The topological polar surface area (TPSA) is 64.8 Å². The zero-order chi connectivity index (χ0) is 13.0. The maximum atomic E-state index is 11.2. The standard InChI is InChI=1S/C12H18N2O4/c1-9-5-11(18-13-9)8-14-3-4-17-10(7-14)6-12(15)16-2/h5,10H,3-4,6-8H2,1-2H3. The van der Waals surface area contributed by atoms with Crippen LogP contribution in [0.3, 0.4) is 0 Å². The molecule has 0 saturated carbocycles. The van der Waals surface area contributed by atoms with E-state index in [1.165, 1.54) is 7.11 Å². The predicted molar refractivity (Wildman–Crippen MR) is 62.9 cm³/mol.